The predicted molar refractivity (Wildman–Crippen MR) is 112 cm³/mol. The largest absolute Gasteiger partial charge is 0.343 e. The molecular weight excluding hydrogens is 380 g/mol. The molecule has 2 aromatic carbocycles. The summed E-state index contributed by atoms with van der Waals surface area (Å²) in [4.78, 5) is 30.8. The molecule has 0 saturated carbocycles. The maximum atomic E-state index is 12.5. The Morgan fingerprint density at radius 2 is 1.90 bits per heavy atom. The van der Waals surface area contributed by atoms with Gasteiger partial charge in [-0.15, -0.1) is 0 Å². The first kappa shape index (κ1) is 19.8. The Balaban J connectivity index is 1.38. The minimum absolute atomic E-state index is 0.0426. The molecule has 2 amide bonds. The molecule has 0 bridgehead atoms. The van der Waals surface area contributed by atoms with E-state index in [1.165, 1.54) is 5.56 Å². The standard InChI is InChI=1S/C23H24N4O3/c1-15(2)16-8-10-19(11-9-16)27-14-18(12-21(27)28)22-25-20(30-26-22)13-24-23(29)17-6-4-3-5-7-17/h3-11,15,18H,12-14H2,1-2H3,(H,24,29). The summed E-state index contributed by atoms with van der Waals surface area (Å²) in [6.45, 7) is 4.93. The van der Waals surface area contributed by atoms with Crippen molar-refractivity contribution in [1.29, 1.82) is 0 Å². The average Bonchev–Trinajstić information content (AvgIpc) is 3.39. The van der Waals surface area contributed by atoms with Gasteiger partial charge in [0.2, 0.25) is 11.8 Å². The molecule has 3 aromatic rings. The summed E-state index contributed by atoms with van der Waals surface area (Å²) in [5.74, 6) is 0.962. The van der Waals surface area contributed by atoms with Crippen molar-refractivity contribution in [2.24, 2.45) is 0 Å². The summed E-state index contributed by atoms with van der Waals surface area (Å²) in [5, 5.41) is 6.80. The van der Waals surface area contributed by atoms with Crippen molar-refractivity contribution in [3.05, 3.63) is 77.4 Å². The molecule has 30 heavy (non-hydrogen) atoms. The van der Waals surface area contributed by atoms with Crippen LogP contribution in [-0.2, 0) is 11.3 Å². The van der Waals surface area contributed by atoms with Crippen LogP contribution in [0.1, 0.15) is 59.7 Å². The van der Waals surface area contributed by atoms with Gasteiger partial charge in [-0.05, 0) is 35.7 Å². The van der Waals surface area contributed by atoms with Gasteiger partial charge in [0.1, 0.15) is 0 Å². The first-order valence-electron chi connectivity index (χ1n) is 10.1. The number of amides is 2. The van der Waals surface area contributed by atoms with Gasteiger partial charge in [0.05, 0.1) is 6.54 Å². The van der Waals surface area contributed by atoms with Crippen LogP contribution in [-0.4, -0.2) is 28.5 Å². The van der Waals surface area contributed by atoms with Gasteiger partial charge in [-0.1, -0.05) is 49.3 Å². The highest BCUT2D eigenvalue weighted by atomic mass is 16.5. The quantitative estimate of drug-likeness (QED) is 0.678. The van der Waals surface area contributed by atoms with E-state index in [2.05, 4.69) is 41.4 Å². The lowest BCUT2D eigenvalue weighted by Crippen LogP contribution is -2.24. The fourth-order valence-electron chi connectivity index (χ4n) is 3.52. The summed E-state index contributed by atoms with van der Waals surface area (Å²) < 4.78 is 5.28. The third-order valence-corrected chi connectivity index (χ3v) is 5.28. The van der Waals surface area contributed by atoms with E-state index in [-0.39, 0.29) is 24.3 Å². The van der Waals surface area contributed by atoms with Crippen LogP contribution in [0.3, 0.4) is 0 Å². The molecular formula is C23H24N4O3. The molecule has 0 radical (unpaired) electrons. The summed E-state index contributed by atoms with van der Waals surface area (Å²) in [7, 11) is 0. The van der Waals surface area contributed by atoms with E-state index in [0.717, 1.165) is 5.69 Å². The zero-order valence-electron chi connectivity index (χ0n) is 17.0. The molecule has 2 heterocycles. The zero-order valence-corrected chi connectivity index (χ0v) is 17.0. The van der Waals surface area contributed by atoms with Crippen LogP contribution >= 0.6 is 0 Å². The maximum absolute atomic E-state index is 12.5. The van der Waals surface area contributed by atoms with E-state index in [4.69, 9.17) is 4.52 Å². The van der Waals surface area contributed by atoms with Crippen LogP contribution in [0.5, 0.6) is 0 Å². The van der Waals surface area contributed by atoms with Crippen LogP contribution in [0.15, 0.2) is 59.1 Å². The summed E-state index contributed by atoms with van der Waals surface area (Å²) in [6, 6.07) is 17.0. The Labute approximate surface area is 175 Å². The Hall–Kier alpha value is -3.48. The van der Waals surface area contributed by atoms with Crippen molar-refractivity contribution in [2.45, 2.75) is 38.6 Å². The van der Waals surface area contributed by atoms with E-state index in [1.54, 1.807) is 29.2 Å². The van der Waals surface area contributed by atoms with Gasteiger partial charge < -0.3 is 14.7 Å². The predicted octanol–water partition coefficient (Wildman–Crippen LogP) is 3.64. The second-order valence-corrected chi connectivity index (χ2v) is 7.75. The van der Waals surface area contributed by atoms with Crippen LogP contribution < -0.4 is 10.2 Å². The number of carbonyl (C=O) groups is 2. The minimum atomic E-state index is -0.206. The highest BCUT2D eigenvalue weighted by Crippen LogP contribution is 2.31. The molecule has 0 spiro atoms. The van der Waals surface area contributed by atoms with Crippen LogP contribution in [0.4, 0.5) is 5.69 Å². The van der Waals surface area contributed by atoms with Crippen LogP contribution in [0, 0.1) is 0 Å². The Morgan fingerprint density at radius 3 is 2.60 bits per heavy atom. The molecule has 7 heteroatoms. The lowest BCUT2D eigenvalue weighted by Gasteiger charge is -2.17. The lowest BCUT2D eigenvalue weighted by atomic mass is 10.0. The van der Waals surface area contributed by atoms with E-state index in [1.807, 2.05) is 18.2 Å². The number of aromatic nitrogens is 2. The van der Waals surface area contributed by atoms with Gasteiger partial charge in [0.15, 0.2) is 5.82 Å². The number of hydrogen-bond acceptors (Lipinski definition) is 5. The molecule has 1 unspecified atom stereocenters. The number of benzene rings is 2. The van der Waals surface area contributed by atoms with Crippen LogP contribution in [0.2, 0.25) is 0 Å². The summed E-state index contributed by atoms with van der Waals surface area (Å²) in [5.41, 5.74) is 2.69. The smallest absolute Gasteiger partial charge is 0.251 e. The van der Waals surface area contributed by atoms with Crippen molar-refractivity contribution < 1.29 is 14.1 Å². The van der Waals surface area contributed by atoms with E-state index in [9.17, 15) is 9.59 Å². The average molecular weight is 404 g/mol. The highest BCUT2D eigenvalue weighted by molar-refractivity contribution is 5.96. The van der Waals surface area contributed by atoms with Crippen molar-refractivity contribution in [1.82, 2.24) is 15.5 Å². The van der Waals surface area contributed by atoms with Crippen molar-refractivity contribution in [2.75, 3.05) is 11.4 Å². The number of hydrogen-bond donors (Lipinski definition) is 1. The van der Waals surface area contributed by atoms with Crippen molar-refractivity contribution >= 4 is 17.5 Å². The van der Waals surface area contributed by atoms with Gasteiger partial charge in [-0.3, -0.25) is 9.59 Å². The number of carbonyl (C=O) groups excluding carboxylic acids is 2. The normalized spacial score (nSPS) is 16.3. The third-order valence-electron chi connectivity index (χ3n) is 5.28. The Morgan fingerprint density at radius 1 is 1.17 bits per heavy atom. The first-order chi connectivity index (χ1) is 14.5. The third kappa shape index (κ3) is 4.25. The van der Waals surface area contributed by atoms with Crippen molar-refractivity contribution in [3.8, 4) is 0 Å². The number of rotatable bonds is 6. The SMILES string of the molecule is CC(C)c1ccc(N2CC(c3noc(CNC(=O)c4ccccc4)n3)CC2=O)cc1. The van der Waals surface area contributed by atoms with Gasteiger partial charge in [0.25, 0.3) is 5.91 Å². The maximum Gasteiger partial charge on any atom is 0.251 e. The topological polar surface area (TPSA) is 88.3 Å². The van der Waals surface area contributed by atoms with Gasteiger partial charge >= 0.3 is 0 Å². The number of nitrogens with one attached hydrogen (secondary N) is 1. The highest BCUT2D eigenvalue weighted by Gasteiger charge is 2.34. The first-order valence-corrected chi connectivity index (χ1v) is 10.1. The molecule has 1 N–H and O–H groups in total. The molecule has 1 aromatic heterocycles. The minimum Gasteiger partial charge on any atom is -0.343 e. The Kier molecular flexibility index (Phi) is 5.61. The number of anilines is 1. The monoisotopic (exact) mass is 404 g/mol. The fraction of sp³-hybridized carbons (Fsp3) is 0.304. The van der Waals surface area contributed by atoms with E-state index < -0.39 is 0 Å². The molecule has 1 saturated heterocycles. The lowest BCUT2D eigenvalue weighted by molar-refractivity contribution is -0.117. The van der Waals surface area contributed by atoms with E-state index >= 15 is 0 Å². The van der Waals surface area contributed by atoms with Gasteiger partial charge in [-0.2, -0.15) is 4.98 Å². The second-order valence-electron chi connectivity index (χ2n) is 7.75. The Bertz CT molecular complexity index is 1030. The number of nitrogens with zero attached hydrogens (tertiary/aromatic N) is 3. The zero-order chi connectivity index (χ0) is 21.1. The molecule has 1 atom stereocenters. The second kappa shape index (κ2) is 8.49. The molecule has 1 aliphatic rings. The van der Waals surface area contributed by atoms with Crippen molar-refractivity contribution in [3.63, 3.8) is 0 Å². The molecule has 1 aliphatic heterocycles. The molecule has 4 rings (SSSR count). The van der Waals surface area contributed by atoms with Crippen LogP contribution in [0.25, 0.3) is 0 Å². The van der Waals surface area contributed by atoms with Gasteiger partial charge in [-0.25, -0.2) is 0 Å². The van der Waals surface area contributed by atoms with E-state index in [0.29, 0.717) is 36.2 Å². The molecule has 0 aliphatic carbocycles. The molecule has 1 fully saturated rings. The molecule has 7 nitrogen and oxygen atoms in total. The summed E-state index contributed by atoms with van der Waals surface area (Å²) in [6.07, 6.45) is 0.335. The fourth-order valence-corrected chi connectivity index (χ4v) is 3.52. The van der Waals surface area contributed by atoms with Gasteiger partial charge in [0, 0.05) is 30.1 Å². The molecule has 154 valence electrons. The summed E-state index contributed by atoms with van der Waals surface area (Å²) >= 11 is 0.